The van der Waals surface area contributed by atoms with Crippen molar-refractivity contribution in [2.75, 3.05) is 0 Å². The molecule has 0 fully saturated rings. The molecule has 0 spiro atoms. The first kappa shape index (κ1) is 9.64. The number of aromatic nitrogens is 4. The van der Waals surface area contributed by atoms with Crippen LogP contribution in [-0.2, 0) is 0 Å². The minimum Gasteiger partial charge on any atom is -0.293 e. The molecule has 1 N–H and O–H groups in total. The third-order valence-corrected chi connectivity index (χ3v) is 2.16. The van der Waals surface area contributed by atoms with Crippen LogP contribution in [0, 0.1) is 0 Å². The summed E-state index contributed by atoms with van der Waals surface area (Å²) < 4.78 is 1.41. The summed E-state index contributed by atoms with van der Waals surface area (Å²) in [4.78, 5) is 19.4. The molecule has 0 unspecified atom stereocenters. The van der Waals surface area contributed by atoms with Gasteiger partial charge in [0.2, 0.25) is 0 Å². The number of rotatable bonds is 2. The predicted octanol–water partition coefficient (Wildman–Crippen LogP) is 1.08. The smallest absolute Gasteiger partial charge is 0.272 e. The lowest BCUT2D eigenvalue weighted by molar-refractivity contribution is 0.746. The number of hydrogen-bond donors (Lipinski definition) is 1. The molecule has 78 valence electrons. The van der Waals surface area contributed by atoms with Crippen molar-refractivity contribution in [1.82, 2.24) is 19.7 Å². The van der Waals surface area contributed by atoms with E-state index in [9.17, 15) is 4.79 Å². The van der Waals surface area contributed by atoms with Crippen molar-refractivity contribution in [2.24, 2.45) is 0 Å². The highest BCUT2D eigenvalue weighted by atomic mass is 16.1. The number of nitrogens with zero attached hydrogens (tertiary/aromatic N) is 3. The molecule has 0 amide bonds. The molecule has 5 heteroatoms. The van der Waals surface area contributed by atoms with Crippen LogP contribution in [0.2, 0.25) is 0 Å². The van der Waals surface area contributed by atoms with Crippen LogP contribution in [0.1, 0.15) is 25.5 Å². The summed E-state index contributed by atoms with van der Waals surface area (Å²) in [7, 11) is 0. The standard InChI is InChI=1S/C10H12N4O/c1-7(2)8-5-10(15)14(13-8)9-3-4-11-6-12-9/h3-7,13H,1-2H3. The molecule has 0 saturated heterocycles. The van der Waals surface area contributed by atoms with Crippen molar-refractivity contribution in [1.29, 1.82) is 0 Å². The Bertz CT molecular complexity index is 498. The van der Waals surface area contributed by atoms with Crippen LogP contribution in [0.5, 0.6) is 0 Å². The lowest BCUT2D eigenvalue weighted by atomic mass is 10.1. The highest BCUT2D eigenvalue weighted by molar-refractivity contribution is 5.19. The maximum absolute atomic E-state index is 11.6. The van der Waals surface area contributed by atoms with Gasteiger partial charge in [-0.15, -0.1) is 0 Å². The third-order valence-electron chi connectivity index (χ3n) is 2.16. The monoisotopic (exact) mass is 204 g/mol. The van der Waals surface area contributed by atoms with Gasteiger partial charge in [-0.25, -0.2) is 14.6 Å². The molecule has 2 aromatic heterocycles. The van der Waals surface area contributed by atoms with E-state index in [1.54, 1.807) is 18.3 Å². The minimum absolute atomic E-state index is 0.0996. The number of aromatic amines is 1. The second-order valence-corrected chi connectivity index (χ2v) is 3.61. The zero-order chi connectivity index (χ0) is 10.8. The summed E-state index contributed by atoms with van der Waals surface area (Å²) in [6.45, 7) is 4.05. The summed E-state index contributed by atoms with van der Waals surface area (Å²) in [5.74, 6) is 0.850. The third kappa shape index (κ3) is 1.81. The van der Waals surface area contributed by atoms with Crippen LogP contribution in [0.4, 0.5) is 0 Å². The van der Waals surface area contributed by atoms with E-state index in [1.807, 2.05) is 13.8 Å². The molecule has 2 heterocycles. The molecule has 0 aromatic carbocycles. The van der Waals surface area contributed by atoms with Gasteiger partial charge in [0.15, 0.2) is 5.82 Å². The van der Waals surface area contributed by atoms with Gasteiger partial charge in [0.1, 0.15) is 6.33 Å². The normalized spacial score (nSPS) is 10.9. The van der Waals surface area contributed by atoms with Crippen LogP contribution >= 0.6 is 0 Å². The molecule has 0 aliphatic heterocycles. The average Bonchev–Trinajstić information content (AvgIpc) is 2.62. The molecule has 15 heavy (non-hydrogen) atoms. The fourth-order valence-corrected chi connectivity index (χ4v) is 1.30. The Morgan fingerprint density at radius 3 is 2.80 bits per heavy atom. The molecule has 0 bridgehead atoms. The second kappa shape index (κ2) is 3.68. The van der Waals surface area contributed by atoms with Gasteiger partial charge in [0, 0.05) is 24.0 Å². The van der Waals surface area contributed by atoms with E-state index < -0.39 is 0 Å². The summed E-state index contributed by atoms with van der Waals surface area (Å²) in [5.41, 5.74) is 0.802. The van der Waals surface area contributed by atoms with E-state index >= 15 is 0 Å². The van der Waals surface area contributed by atoms with Gasteiger partial charge in [-0.05, 0) is 5.92 Å². The summed E-state index contributed by atoms with van der Waals surface area (Å²) in [5, 5.41) is 3.01. The van der Waals surface area contributed by atoms with Crippen LogP contribution in [0.25, 0.3) is 5.82 Å². The Labute approximate surface area is 86.8 Å². The van der Waals surface area contributed by atoms with E-state index in [1.165, 1.54) is 11.0 Å². The maximum atomic E-state index is 11.6. The van der Waals surface area contributed by atoms with Crippen LogP contribution in [-0.4, -0.2) is 19.7 Å². The Kier molecular flexibility index (Phi) is 2.37. The van der Waals surface area contributed by atoms with E-state index in [-0.39, 0.29) is 5.56 Å². The summed E-state index contributed by atoms with van der Waals surface area (Å²) in [6, 6.07) is 3.27. The average molecular weight is 204 g/mol. The fourth-order valence-electron chi connectivity index (χ4n) is 1.30. The van der Waals surface area contributed by atoms with Gasteiger partial charge < -0.3 is 0 Å². The molecular formula is C10H12N4O. The number of H-pyrrole nitrogens is 1. The molecule has 2 rings (SSSR count). The van der Waals surface area contributed by atoms with E-state index in [0.717, 1.165) is 5.69 Å². The molecule has 0 aliphatic rings. The fraction of sp³-hybridized carbons (Fsp3) is 0.300. The van der Waals surface area contributed by atoms with Crippen LogP contribution in [0.3, 0.4) is 0 Å². The first-order valence-electron chi connectivity index (χ1n) is 4.77. The van der Waals surface area contributed by atoms with Crippen molar-refractivity contribution in [3.8, 4) is 5.82 Å². The van der Waals surface area contributed by atoms with Gasteiger partial charge in [-0.3, -0.25) is 9.89 Å². The molecule has 0 atom stereocenters. The quantitative estimate of drug-likeness (QED) is 0.796. The topological polar surface area (TPSA) is 63.6 Å². The van der Waals surface area contributed by atoms with Crippen molar-refractivity contribution in [3.05, 3.63) is 40.7 Å². The lowest BCUT2D eigenvalue weighted by Gasteiger charge is -2.01. The van der Waals surface area contributed by atoms with Gasteiger partial charge in [0.05, 0.1) is 0 Å². The first-order valence-corrected chi connectivity index (χ1v) is 4.77. The van der Waals surface area contributed by atoms with Crippen molar-refractivity contribution in [3.63, 3.8) is 0 Å². The number of hydrogen-bond acceptors (Lipinski definition) is 3. The highest BCUT2D eigenvalue weighted by Gasteiger charge is 2.07. The Morgan fingerprint density at radius 1 is 1.47 bits per heavy atom. The molecule has 0 radical (unpaired) electrons. The van der Waals surface area contributed by atoms with Gasteiger partial charge >= 0.3 is 0 Å². The zero-order valence-electron chi connectivity index (χ0n) is 8.64. The second-order valence-electron chi connectivity index (χ2n) is 3.61. The number of nitrogens with one attached hydrogen (secondary N) is 1. The maximum Gasteiger partial charge on any atom is 0.272 e. The minimum atomic E-state index is -0.0996. The molecule has 5 nitrogen and oxygen atoms in total. The highest BCUT2D eigenvalue weighted by Crippen LogP contribution is 2.09. The van der Waals surface area contributed by atoms with E-state index in [2.05, 4.69) is 15.1 Å². The largest absolute Gasteiger partial charge is 0.293 e. The van der Waals surface area contributed by atoms with Crippen LogP contribution < -0.4 is 5.56 Å². The molecule has 0 saturated carbocycles. The molecular weight excluding hydrogens is 192 g/mol. The first-order chi connectivity index (χ1) is 7.18. The predicted molar refractivity (Wildman–Crippen MR) is 56.1 cm³/mol. The van der Waals surface area contributed by atoms with Crippen molar-refractivity contribution in [2.45, 2.75) is 19.8 Å². The summed E-state index contributed by atoms with van der Waals surface area (Å²) in [6.07, 6.45) is 3.02. The lowest BCUT2D eigenvalue weighted by Crippen LogP contribution is -2.14. The Morgan fingerprint density at radius 2 is 2.27 bits per heavy atom. The Balaban J connectivity index is 2.50. The van der Waals surface area contributed by atoms with Crippen LogP contribution in [0.15, 0.2) is 29.5 Å². The van der Waals surface area contributed by atoms with Gasteiger partial charge in [0.25, 0.3) is 5.56 Å². The molecule has 2 aromatic rings. The van der Waals surface area contributed by atoms with E-state index in [0.29, 0.717) is 11.7 Å². The van der Waals surface area contributed by atoms with Gasteiger partial charge in [-0.1, -0.05) is 13.8 Å². The zero-order valence-corrected chi connectivity index (χ0v) is 8.64. The summed E-state index contributed by atoms with van der Waals surface area (Å²) >= 11 is 0. The van der Waals surface area contributed by atoms with E-state index in [4.69, 9.17) is 0 Å². The van der Waals surface area contributed by atoms with Gasteiger partial charge in [-0.2, -0.15) is 0 Å². The van der Waals surface area contributed by atoms with Crippen molar-refractivity contribution < 1.29 is 0 Å². The molecule has 0 aliphatic carbocycles. The SMILES string of the molecule is CC(C)c1cc(=O)n(-c2ccncn2)[nH]1. The van der Waals surface area contributed by atoms with Crippen molar-refractivity contribution >= 4 is 0 Å². The Hall–Kier alpha value is -1.91.